The lowest BCUT2D eigenvalue weighted by Crippen LogP contribution is -2.22. The Morgan fingerprint density at radius 2 is 2.44 bits per heavy atom. The molecule has 0 aliphatic carbocycles. The van der Waals surface area contributed by atoms with E-state index in [-0.39, 0.29) is 11.8 Å². The zero-order valence-corrected chi connectivity index (χ0v) is 5.68. The number of rotatable bonds is 1. The van der Waals surface area contributed by atoms with Crippen LogP contribution >= 0.6 is 0 Å². The highest BCUT2D eigenvalue weighted by Crippen LogP contribution is 2.14. The molecule has 0 saturated carbocycles. The van der Waals surface area contributed by atoms with Gasteiger partial charge in [0, 0.05) is 0 Å². The molecule has 3 heteroatoms. The van der Waals surface area contributed by atoms with E-state index in [2.05, 4.69) is 5.48 Å². The summed E-state index contributed by atoms with van der Waals surface area (Å²) in [5.74, 6) is 0.461. The van der Waals surface area contributed by atoms with Gasteiger partial charge in [0.05, 0.1) is 12.5 Å². The Morgan fingerprint density at radius 3 is 2.67 bits per heavy atom. The summed E-state index contributed by atoms with van der Waals surface area (Å²) in [5.41, 5.74) is 2.31. The predicted molar refractivity (Wildman–Crippen MR) is 32.4 cm³/mol. The van der Waals surface area contributed by atoms with E-state index >= 15 is 0 Å². The number of amides is 1. The molecule has 1 saturated heterocycles. The molecular weight excluding hydrogens is 118 g/mol. The Kier molecular flexibility index (Phi) is 1.71. The lowest BCUT2D eigenvalue weighted by Gasteiger charge is -2.06. The minimum absolute atomic E-state index is 0.0185. The van der Waals surface area contributed by atoms with Crippen molar-refractivity contribution in [1.82, 2.24) is 5.48 Å². The fourth-order valence-electron chi connectivity index (χ4n) is 0.849. The number of hydroxylamine groups is 1. The highest BCUT2D eigenvalue weighted by Gasteiger charge is 2.27. The molecule has 1 atom stereocenters. The zero-order chi connectivity index (χ0) is 6.85. The first-order valence-electron chi connectivity index (χ1n) is 3.13. The van der Waals surface area contributed by atoms with Crippen LogP contribution in [0.1, 0.15) is 13.8 Å². The van der Waals surface area contributed by atoms with Gasteiger partial charge in [0.2, 0.25) is 5.91 Å². The van der Waals surface area contributed by atoms with Crippen molar-refractivity contribution in [2.45, 2.75) is 13.8 Å². The molecule has 1 rings (SSSR count). The van der Waals surface area contributed by atoms with Crippen molar-refractivity contribution >= 4 is 5.91 Å². The SMILES string of the molecule is CC(C)C1CONC1=O. The topological polar surface area (TPSA) is 38.3 Å². The number of carbonyl (C=O) groups excluding carboxylic acids is 1. The molecule has 3 nitrogen and oxygen atoms in total. The van der Waals surface area contributed by atoms with Crippen molar-refractivity contribution in [1.29, 1.82) is 0 Å². The second-order valence-corrected chi connectivity index (χ2v) is 2.63. The van der Waals surface area contributed by atoms with Crippen molar-refractivity contribution < 1.29 is 9.63 Å². The summed E-state index contributed by atoms with van der Waals surface area (Å²) in [4.78, 5) is 15.5. The minimum atomic E-state index is 0.0185. The van der Waals surface area contributed by atoms with Crippen LogP contribution in [0.5, 0.6) is 0 Å². The van der Waals surface area contributed by atoms with Crippen LogP contribution in [0.15, 0.2) is 0 Å². The minimum Gasteiger partial charge on any atom is -0.273 e. The number of hydrogen-bond acceptors (Lipinski definition) is 2. The molecule has 9 heavy (non-hydrogen) atoms. The maximum absolute atomic E-state index is 10.8. The molecule has 0 aromatic carbocycles. The lowest BCUT2D eigenvalue weighted by molar-refractivity contribution is -0.126. The van der Waals surface area contributed by atoms with Crippen molar-refractivity contribution in [2.24, 2.45) is 11.8 Å². The maximum atomic E-state index is 10.8. The molecule has 1 heterocycles. The van der Waals surface area contributed by atoms with Crippen molar-refractivity contribution in [3.05, 3.63) is 0 Å². The van der Waals surface area contributed by atoms with Crippen LogP contribution < -0.4 is 5.48 Å². The van der Waals surface area contributed by atoms with Crippen LogP contribution in [0.25, 0.3) is 0 Å². The van der Waals surface area contributed by atoms with Crippen molar-refractivity contribution in [3.8, 4) is 0 Å². The molecule has 0 bridgehead atoms. The quantitative estimate of drug-likeness (QED) is 0.553. The molecule has 1 amide bonds. The van der Waals surface area contributed by atoms with Crippen molar-refractivity contribution in [3.63, 3.8) is 0 Å². The third kappa shape index (κ3) is 1.21. The first kappa shape index (κ1) is 6.55. The Hall–Kier alpha value is -0.570. The van der Waals surface area contributed by atoms with Crippen LogP contribution in [-0.2, 0) is 9.63 Å². The molecule has 0 radical (unpaired) electrons. The Balaban J connectivity index is 2.49. The Morgan fingerprint density at radius 1 is 1.78 bits per heavy atom. The second kappa shape index (κ2) is 2.35. The van der Waals surface area contributed by atoms with Gasteiger partial charge in [0.15, 0.2) is 0 Å². The van der Waals surface area contributed by atoms with Gasteiger partial charge in [-0.1, -0.05) is 13.8 Å². The largest absolute Gasteiger partial charge is 0.273 e. The summed E-state index contributed by atoms with van der Waals surface area (Å²) in [7, 11) is 0. The van der Waals surface area contributed by atoms with Crippen molar-refractivity contribution in [2.75, 3.05) is 6.61 Å². The molecular formula is C6H11NO2. The molecule has 0 spiro atoms. The molecule has 1 aliphatic rings. The van der Waals surface area contributed by atoms with E-state index in [9.17, 15) is 4.79 Å². The fraction of sp³-hybridized carbons (Fsp3) is 0.833. The van der Waals surface area contributed by atoms with E-state index in [1.54, 1.807) is 0 Å². The third-order valence-electron chi connectivity index (χ3n) is 1.58. The van der Waals surface area contributed by atoms with Crippen LogP contribution in [0.3, 0.4) is 0 Å². The van der Waals surface area contributed by atoms with Crippen LogP contribution in [0.2, 0.25) is 0 Å². The summed E-state index contributed by atoms with van der Waals surface area (Å²) in [6.45, 7) is 4.55. The normalized spacial score (nSPS) is 27.0. The van der Waals surface area contributed by atoms with E-state index in [0.717, 1.165) is 0 Å². The van der Waals surface area contributed by atoms with Gasteiger partial charge in [-0.3, -0.25) is 9.63 Å². The molecule has 0 aromatic heterocycles. The van der Waals surface area contributed by atoms with E-state index < -0.39 is 0 Å². The maximum Gasteiger partial charge on any atom is 0.249 e. The summed E-state index contributed by atoms with van der Waals surface area (Å²) in [5, 5.41) is 0. The van der Waals surface area contributed by atoms with Gasteiger partial charge in [-0.25, -0.2) is 5.48 Å². The lowest BCUT2D eigenvalue weighted by atomic mass is 9.97. The monoisotopic (exact) mass is 129 g/mol. The molecule has 1 fully saturated rings. The van der Waals surface area contributed by atoms with Crippen LogP contribution in [0.4, 0.5) is 0 Å². The fourth-order valence-corrected chi connectivity index (χ4v) is 0.849. The highest BCUT2D eigenvalue weighted by atomic mass is 16.7. The van der Waals surface area contributed by atoms with E-state index in [1.165, 1.54) is 0 Å². The van der Waals surface area contributed by atoms with Gasteiger partial charge < -0.3 is 0 Å². The smallest absolute Gasteiger partial charge is 0.249 e. The molecule has 0 aromatic rings. The van der Waals surface area contributed by atoms with Gasteiger partial charge in [-0.15, -0.1) is 0 Å². The van der Waals surface area contributed by atoms with Gasteiger partial charge in [0.1, 0.15) is 0 Å². The number of nitrogens with one attached hydrogen (secondary N) is 1. The summed E-state index contributed by atoms with van der Waals surface area (Å²) in [6, 6.07) is 0. The summed E-state index contributed by atoms with van der Waals surface area (Å²) in [6.07, 6.45) is 0. The first-order valence-corrected chi connectivity index (χ1v) is 3.13. The second-order valence-electron chi connectivity index (χ2n) is 2.63. The van der Waals surface area contributed by atoms with E-state index in [1.807, 2.05) is 13.8 Å². The van der Waals surface area contributed by atoms with E-state index in [0.29, 0.717) is 12.5 Å². The highest BCUT2D eigenvalue weighted by molar-refractivity contribution is 5.79. The molecule has 1 aliphatic heterocycles. The first-order chi connectivity index (χ1) is 4.22. The van der Waals surface area contributed by atoms with Gasteiger partial charge in [-0.05, 0) is 5.92 Å². The van der Waals surface area contributed by atoms with E-state index in [4.69, 9.17) is 4.84 Å². The summed E-state index contributed by atoms with van der Waals surface area (Å²) >= 11 is 0. The number of hydrogen-bond donors (Lipinski definition) is 1. The summed E-state index contributed by atoms with van der Waals surface area (Å²) < 4.78 is 0. The Labute approximate surface area is 54.3 Å². The van der Waals surface area contributed by atoms with Gasteiger partial charge in [0.25, 0.3) is 0 Å². The van der Waals surface area contributed by atoms with Crippen LogP contribution in [0, 0.1) is 11.8 Å². The third-order valence-corrected chi connectivity index (χ3v) is 1.58. The molecule has 1 N–H and O–H groups in total. The zero-order valence-electron chi connectivity index (χ0n) is 5.68. The van der Waals surface area contributed by atoms with Gasteiger partial charge in [-0.2, -0.15) is 0 Å². The molecule has 52 valence electrons. The van der Waals surface area contributed by atoms with Gasteiger partial charge >= 0.3 is 0 Å². The Bertz CT molecular complexity index is 122. The standard InChI is InChI=1S/C6H11NO2/c1-4(2)5-3-9-7-6(5)8/h4-5H,3H2,1-2H3,(H,7,8). The predicted octanol–water partition coefficient (Wildman–Crippen LogP) is 0.320. The number of carbonyl (C=O) groups is 1. The average molecular weight is 129 g/mol. The molecule has 1 unspecified atom stereocenters. The van der Waals surface area contributed by atoms with Crippen LogP contribution in [-0.4, -0.2) is 12.5 Å². The average Bonchev–Trinajstić information content (AvgIpc) is 2.13.